The number of rotatable bonds is 8. The van der Waals surface area contributed by atoms with Crippen molar-refractivity contribution in [2.75, 3.05) is 27.3 Å². The second kappa shape index (κ2) is 10.2. The van der Waals surface area contributed by atoms with Gasteiger partial charge in [0.15, 0.2) is 11.5 Å². The van der Waals surface area contributed by atoms with E-state index in [-0.39, 0.29) is 5.92 Å². The summed E-state index contributed by atoms with van der Waals surface area (Å²) in [4.78, 5) is 23.9. The summed E-state index contributed by atoms with van der Waals surface area (Å²) in [6, 6.07) is 15.4. The van der Waals surface area contributed by atoms with Gasteiger partial charge in [-0.2, -0.15) is 0 Å². The Labute approximate surface area is 159 Å². The van der Waals surface area contributed by atoms with Crippen LogP contribution in [0.25, 0.3) is 0 Å². The highest BCUT2D eigenvalue weighted by atomic mass is 16.5. The van der Waals surface area contributed by atoms with Crippen LogP contribution in [0, 0.1) is 0 Å². The van der Waals surface area contributed by atoms with Crippen LogP contribution >= 0.6 is 0 Å². The highest BCUT2D eigenvalue weighted by Gasteiger charge is 2.14. The summed E-state index contributed by atoms with van der Waals surface area (Å²) in [5.41, 5.74) is 2.10. The molecule has 144 valence electrons. The Balaban J connectivity index is 1.76. The topological polar surface area (TPSA) is 76.7 Å². The molecule has 0 aliphatic carbocycles. The summed E-state index contributed by atoms with van der Waals surface area (Å²) < 4.78 is 10.5. The average molecular weight is 370 g/mol. The normalized spacial score (nSPS) is 11.4. The quantitative estimate of drug-likeness (QED) is 0.699. The Morgan fingerprint density at radius 3 is 2.26 bits per heavy atom. The fourth-order valence-corrected chi connectivity index (χ4v) is 2.66. The van der Waals surface area contributed by atoms with Gasteiger partial charge in [0.1, 0.15) is 0 Å². The lowest BCUT2D eigenvalue weighted by Crippen LogP contribution is -2.41. The van der Waals surface area contributed by atoms with Crippen molar-refractivity contribution in [3.05, 3.63) is 59.7 Å². The minimum Gasteiger partial charge on any atom is -0.493 e. The maximum absolute atomic E-state index is 11.9. The summed E-state index contributed by atoms with van der Waals surface area (Å²) in [6.07, 6.45) is 0.583. The smallest absolute Gasteiger partial charge is 0.309 e. The lowest BCUT2D eigenvalue weighted by atomic mass is 10.0. The number of carbonyl (C=O) groups excluding carboxylic acids is 2. The van der Waals surface area contributed by atoms with Gasteiger partial charge in [0.25, 0.3) is 0 Å². The average Bonchev–Trinajstić information content (AvgIpc) is 2.72. The van der Waals surface area contributed by atoms with E-state index >= 15 is 0 Å². The van der Waals surface area contributed by atoms with Crippen molar-refractivity contribution in [2.45, 2.75) is 19.3 Å². The van der Waals surface area contributed by atoms with E-state index < -0.39 is 11.8 Å². The molecule has 1 atom stereocenters. The van der Waals surface area contributed by atoms with Crippen molar-refractivity contribution in [1.29, 1.82) is 0 Å². The van der Waals surface area contributed by atoms with E-state index in [1.54, 1.807) is 14.2 Å². The number of methoxy groups -OCH3 is 2. The molecule has 2 amide bonds. The van der Waals surface area contributed by atoms with E-state index in [9.17, 15) is 9.59 Å². The lowest BCUT2D eigenvalue weighted by Gasteiger charge is -2.13. The lowest BCUT2D eigenvalue weighted by molar-refractivity contribution is -0.139. The molecule has 2 rings (SSSR count). The van der Waals surface area contributed by atoms with Gasteiger partial charge in [0.2, 0.25) is 0 Å². The van der Waals surface area contributed by atoms with Crippen LogP contribution in [0.4, 0.5) is 0 Å². The van der Waals surface area contributed by atoms with Crippen LogP contribution in [0.2, 0.25) is 0 Å². The zero-order chi connectivity index (χ0) is 19.6. The predicted molar refractivity (Wildman–Crippen MR) is 104 cm³/mol. The van der Waals surface area contributed by atoms with Gasteiger partial charge in [-0.1, -0.05) is 43.3 Å². The van der Waals surface area contributed by atoms with Crippen LogP contribution in [-0.4, -0.2) is 39.1 Å². The molecule has 0 radical (unpaired) electrons. The molecule has 2 N–H and O–H groups in total. The van der Waals surface area contributed by atoms with Crippen LogP contribution in [0.1, 0.15) is 24.0 Å². The van der Waals surface area contributed by atoms with E-state index in [4.69, 9.17) is 9.47 Å². The zero-order valence-electron chi connectivity index (χ0n) is 16.0. The summed E-state index contributed by atoms with van der Waals surface area (Å²) in [5, 5.41) is 5.31. The molecule has 2 aromatic rings. The zero-order valence-corrected chi connectivity index (χ0v) is 16.0. The molecule has 6 nitrogen and oxygen atoms in total. The van der Waals surface area contributed by atoms with Crippen LogP contribution in [0.3, 0.4) is 0 Å². The van der Waals surface area contributed by atoms with E-state index in [0.29, 0.717) is 31.0 Å². The van der Waals surface area contributed by atoms with Gasteiger partial charge in [-0.25, -0.2) is 0 Å². The van der Waals surface area contributed by atoms with E-state index in [0.717, 1.165) is 11.1 Å². The molecule has 0 bridgehead atoms. The fourth-order valence-electron chi connectivity index (χ4n) is 2.66. The minimum absolute atomic E-state index is 0.134. The van der Waals surface area contributed by atoms with Crippen molar-refractivity contribution in [2.24, 2.45) is 0 Å². The molecular weight excluding hydrogens is 344 g/mol. The monoisotopic (exact) mass is 370 g/mol. The van der Waals surface area contributed by atoms with Crippen molar-refractivity contribution in [3.8, 4) is 11.5 Å². The standard InChI is InChI=1S/C21H26N2O4/c1-15(17-7-5-4-6-8-17)14-23-21(25)20(24)22-12-11-16-9-10-18(26-2)19(13-16)27-3/h4-10,13,15H,11-12,14H2,1-3H3,(H,22,24)(H,23,25)/t15-/m1/s1. The molecule has 0 aromatic heterocycles. The van der Waals surface area contributed by atoms with E-state index in [2.05, 4.69) is 10.6 Å². The molecule has 0 saturated heterocycles. The summed E-state index contributed by atoms with van der Waals surface area (Å²) in [5.74, 6) is 0.168. The minimum atomic E-state index is -0.629. The van der Waals surface area contributed by atoms with Crippen LogP contribution in [0.15, 0.2) is 48.5 Å². The van der Waals surface area contributed by atoms with Gasteiger partial charge < -0.3 is 20.1 Å². The van der Waals surface area contributed by atoms with Gasteiger partial charge in [-0.05, 0) is 35.6 Å². The molecule has 0 saturated carbocycles. The Bertz CT molecular complexity index is 762. The molecule has 0 aliphatic heterocycles. The number of carbonyl (C=O) groups is 2. The molecule has 0 heterocycles. The molecule has 0 unspecified atom stereocenters. The van der Waals surface area contributed by atoms with Crippen molar-refractivity contribution >= 4 is 11.8 Å². The molecule has 0 fully saturated rings. The van der Waals surface area contributed by atoms with Crippen molar-refractivity contribution in [3.63, 3.8) is 0 Å². The maximum Gasteiger partial charge on any atom is 0.309 e. The molecule has 2 aromatic carbocycles. The third-order valence-corrected chi connectivity index (χ3v) is 4.29. The second-order valence-electron chi connectivity index (χ2n) is 6.22. The number of amides is 2. The largest absolute Gasteiger partial charge is 0.493 e. The fraction of sp³-hybridized carbons (Fsp3) is 0.333. The maximum atomic E-state index is 11.9. The first-order valence-electron chi connectivity index (χ1n) is 8.87. The third kappa shape index (κ3) is 6.02. The van der Waals surface area contributed by atoms with Crippen LogP contribution in [-0.2, 0) is 16.0 Å². The van der Waals surface area contributed by atoms with Crippen molar-refractivity contribution in [1.82, 2.24) is 10.6 Å². The Morgan fingerprint density at radius 2 is 1.59 bits per heavy atom. The van der Waals surface area contributed by atoms with Crippen LogP contribution < -0.4 is 20.1 Å². The third-order valence-electron chi connectivity index (χ3n) is 4.29. The Kier molecular flexibility index (Phi) is 7.67. The molecule has 27 heavy (non-hydrogen) atoms. The molecule has 0 aliphatic rings. The Morgan fingerprint density at radius 1 is 0.926 bits per heavy atom. The van der Waals surface area contributed by atoms with Crippen LogP contribution in [0.5, 0.6) is 11.5 Å². The summed E-state index contributed by atoms with van der Waals surface area (Å²) >= 11 is 0. The summed E-state index contributed by atoms with van der Waals surface area (Å²) in [7, 11) is 3.15. The molecular formula is C21H26N2O4. The summed E-state index contributed by atoms with van der Waals surface area (Å²) in [6.45, 7) is 2.77. The van der Waals surface area contributed by atoms with Gasteiger partial charge in [-0.3, -0.25) is 9.59 Å². The number of benzene rings is 2. The first-order chi connectivity index (χ1) is 13.0. The number of hydrogen-bond donors (Lipinski definition) is 2. The van der Waals surface area contributed by atoms with E-state index in [1.165, 1.54) is 0 Å². The number of hydrogen-bond acceptors (Lipinski definition) is 4. The number of nitrogens with one attached hydrogen (secondary N) is 2. The van der Waals surface area contributed by atoms with E-state index in [1.807, 2.05) is 55.5 Å². The number of ether oxygens (including phenoxy) is 2. The Hall–Kier alpha value is -3.02. The van der Waals surface area contributed by atoms with Crippen molar-refractivity contribution < 1.29 is 19.1 Å². The molecule has 0 spiro atoms. The first kappa shape index (κ1) is 20.3. The van der Waals surface area contributed by atoms with Gasteiger partial charge >= 0.3 is 11.8 Å². The second-order valence-corrected chi connectivity index (χ2v) is 6.22. The molecule has 6 heteroatoms. The highest BCUT2D eigenvalue weighted by molar-refractivity contribution is 6.35. The SMILES string of the molecule is COc1ccc(CCNC(=O)C(=O)NC[C@@H](C)c2ccccc2)cc1OC. The highest BCUT2D eigenvalue weighted by Crippen LogP contribution is 2.27. The first-order valence-corrected chi connectivity index (χ1v) is 8.87. The van der Waals surface area contributed by atoms with Gasteiger partial charge in [0.05, 0.1) is 14.2 Å². The predicted octanol–water partition coefficient (Wildman–Crippen LogP) is 2.28. The van der Waals surface area contributed by atoms with Gasteiger partial charge in [0, 0.05) is 13.1 Å². The van der Waals surface area contributed by atoms with Gasteiger partial charge in [-0.15, -0.1) is 0 Å².